The lowest BCUT2D eigenvalue weighted by molar-refractivity contribution is -0.128. The maximum Gasteiger partial charge on any atom is 0.261 e. The van der Waals surface area contributed by atoms with E-state index in [0.717, 1.165) is 5.75 Å². The Bertz CT molecular complexity index is 673. The molecule has 0 heterocycles. The number of benzene rings is 2. The highest BCUT2D eigenvalue weighted by atomic mass is 19.1. The molecule has 0 fully saturated rings. The lowest BCUT2D eigenvalue weighted by atomic mass is 10.3. The summed E-state index contributed by atoms with van der Waals surface area (Å²) in [6, 6.07) is 12.5. The molecule has 6 heteroatoms. The molecule has 25 heavy (non-hydrogen) atoms. The third-order valence-corrected chi connectivity index (χ3v) is 3.44. The lowest BCUT2D eigenvalue weighted by Gasteiger charge is -2.19. The van der Waals surface area contributed by atoms with Crippen LogP contribution >= 0.6 is 0 Å². The molecule has 0 aromatic heterocycles. The lowest BCUT2D eigenvalue weighted by Crippen LogP contribution is -2.43. The van der Waals surface area contributed by atoms with E-state index in [0.29, 0.717) is 18.1 Å². The van der Waals surface area contributed by atoms with Crippen molar-refractivity contribution in [2.45, 2.75) is 26.0 Å². The van der Waals surface area contributed by atoms with Gasteiger partial charge < -0.3 is 19.5 Å². The monoisotopic (exact) mass is 347 g/mol. The molecule has 2 atom stereocenters. The first-order chi connectivity index (χ1) is 12.0. The predicted molar refractivity (Wildman–Crippen MR) is 92.6 cm³/mol. The molecule has 1 amide bonds. The van der Waals surface area contributed by atoms with Crippen molar-refractivity contribution in [3.63, 3.8) is 0 Å². The average Bonchev–Trinajstić information content (AvgIpc) is 2.62. The Morgan fingerprint density at radius 1 is 1.00 bits per heavy atom. The largest absolute Gasteiger partial charge is 0.497 e. The third kappa shape index (κ3) is 5.99. The van der Waals surface area contributed by atoms with Crippen molar-refractivity contribution >= 4 is 5.91 Å². The Morgan fingerprint density at radius 3 is 2.16 bits per heavy atom. The summed E-state index contributed by atoms with van der Waals surface area (Å²) in [5.74, 6) is 1.26. The van der Waals surface area contributed by atoms with Gasteiger partial charge in [-0.2, -0.15) is 0 Å². The molecule has 0 bridgehead atoms. The van der Waals surface area contributed by atoms with Gasteiger partial charge in [0.2, 0.25) is 0 Å². The number of halogens is 1. The van der Waals surface area contributed by atoms with Crippen LogP contribution in [0.3, 0.4) is 0 Å². The van der Waals surface area contributed by atoms with Gasteiger partial charge in [0.25, 0.3) is 5.91 Å². The van der Waals surface area contributed by atoms with Crippen LogP contribution < -0.4 is 19.5 Å². The van der Waals surface area contributed by atoms with Gasteiger partial charge in [-0.15, -0.1) is 0 Å². The maximum absolute atomic E-state index is 12.9. The van der Waals surface area contributed by atoms with Gasteiger partial charge in [-0.3, -0.25) is 4.79 Å². The van der Waals surface area contributed by atoms with Crippen LogP contribution in [-0.4, -0.2) is 31.8 Å². The van der Waals surface area contributed by atoms with Crippen LogP contribution in [0, 0.1) is 5.82 Å². The fourth-order valence-electron chi connectivity index (χ4n) is 2.07. The minimum atomic E-state index is -0.700. The quantitative estimate of drug-likeness (QED) is 0.797. The molecule has 0 unspecified atom stereocenters. The first kappa shape index (κ1) is 18.6. The summed E-state index contributed by atoms with van der Waals surface area (Å²) >= 11 is 0. The highest BCUT2D eigenvalue weighted by Crippen LogP contribution is 2.17. The van der Waals surface area contributed by atoms with Gasteiger partial charge >= 0.3 is 0 Å². The van der Waals surface area contributed by atoms with Crippen LogP contribution in [0.2, 0.25) is 0 Å². The Kier molecular flexibility index (Phi) is 6.62. The molecule has 1 N–H and O–H groups in total. The third-order valence-electron chi connectivity index (χ3n) is 3.44. The molecule has 0 saturated heterocycles. The van der Waals surface area contributed by atoms with Crippen molar-refractivity contribution in [2.24, 2.45) is 0 Å². The second kappa shape index (κ2) is 8.92. The van der Waals surface area contributed by atoms with Gasteiger partial charge in [0, 0.05) is 0 Å². The number of rotatable bonds is 8. The zero-order chi connectivity index (χ0) is 18.2. The number of methoxy groups -OCH3 is 1. The van der Waals surface area contributed by atoms with Crippen molar-refractivity contribution in [1.29, 1.82) is 0 Å². The molecular weight excluding hydrogens is 325 g/mol. The summed E-state index contributed by atoms with van der Waals surface area (Å²) in [7, 11) is 1.60. The predicted octanol–water partition coefficient (Wildman–Crippen LogP) is 3.19. The van der Waals surface area contributed by atoms with E-state index in [2.05, 4.69) is 5.32 Å². The van der Waals surface area contributed by atoms with Crippen molar-refractivity contribution < 1.29 is 23.4 Å². The van der Waals surface area contributed by atoms with Gasteiger partial charge in [-0.25, -0.2) is 4.39 Å². The summed E-state index contributed by atoms with van der Waals surface area (Å²) in [5, 5.41) is 2.82. The van der Waals surface area contributed by atoms with Crippen LogP contribution in [-0.2, 0) is 4.79 Å². The van der Waals surface area contributed by atoms with Crippen LogP contribution in [0.25, 0.3) is 0 Å². The molecular formula is C19H22FNO4. The Balaban J connectivity index is 1.77. The first-order valence-corrected chi connectivity index (χ1v) is 7.97. The van der Waals surface area contributed by atoms with Gasteiger partial charge in [-0.05, 0) is 62.4 Å². The molecule has 5 nitrogen and oxygen atoms in total. The van der Waals surface area contributed by atoms with Gasteiger partial charge in [-0.1, -0.05) is 0 Å². The molecule has 0 radical (unpaired) electrons. The average molecular weight is 347 g/mol. The molecule has 2 aromatic rings. The maximum atomic E-state index is 12.9. The fraction of sp³-hybridized carbons (Fsp3) is 0.316. The molecule has 134 valence electrons. The van der Waals surface area contributed by atoms with E-state index in [1.54, 1.807) is 38.3 Å². The summed E-state index contributed by atoms with van der Waals surface area (Å²) in [6.45, 7) is 3.79. The van der Waals surface area contributed by atoms with Crippen molar-refractivity contribution in [3.8, 4) is 17.2 Å². The number of carbonyl (C=O) groups excluding carboxylic acids is 1. The van der Waals surface area contributed by atoms with E-state index in [1.165, 1.54) is 24.3 Å². The van der Waals surface area contributed by atoms with E-state index >= 15 is 0 Å². The summed E-state index contributed by atoms with van der Waals surface area (Å²) in [5.41, 5.74) is 0. The number of nitrogens with one attached hydrogen (secondary N) is 1. The van der Waals surface area contributed by atoms with E-state index in [-0.39, 0.29) is 17.8 Å². The van der Waals surface area contributed by atoms with E-state index in [9.17, 15) is 9.18 Å². The fourth-order valence-corrected chi connectivity index (χ4v) is 2.07. The highest BCUT2D eigenvalue weighted by Gasteiger charge is 2.17. The topological polar surface area (TPSA) is 56.8 Å². The Hall–Kier alpha value is -2.76. The smallest absolute Gasteiger partial charge is 0.261 e. The molecule has 0 aliphatic rings. The van der Waals surface area contributed by atoms with Gasteiger partial charge in [0.15, 0.2) is 6.10 Å². The Morgan fingerprint density at radius 2 is 1.56 bits per heavy atom. The molecule has 0 aliphatic heterocycles. The first-order valence-electron chi connectivity index (χ1n) is 7.97. The number of amides is 1. The van der Waals surface area contributed by atoms with E-state index in [1.807, 2.05) is 6.92 Å². The minimum absolute atomic E-state index is 0.200. The molecule has 0 aliphatic carbocycles. The summed E-state index contributed by atoms with van der Waals surface area (Å²) in [4.78, 5) is 12.1. The van der Waals surface area contributed by atoms with Crippen LogP contribution in [0.4, 0.5) is 4.39 Å². The summed E-state index contributed by atoms with van der Waals surface area (Å²) < 4.78 is 29.1. The number of hydrogen-bond donors (Lipinski definition) is 1. The Labute approximate surface area is 146 Å². The normalized spacial score (nSPS) is 12.8. The van der Waals surface area contributed by atoms with Gasteiger partial charge in [0.1, 0.15) is 29.7 Å². The van der Waals surface area contributed by atoms with Crippen molar-refractivity contribution in [1.82, 2.24) is 5.32 Å². The van der Waals surface area contributed by atoms with Crippen LogP contribution in [0.5, 0.6) is 17.2 Å². The van der Waals surface area contributed by atoms with E-state index < -0.39 is 6.10 Å². The zero-order valence-electron chi connectivity index (χ0n) is 14.5. The van der Waals surface area contributed by atoms with Crippen molar-refractivity contribution in [2.75, 3.05) is 13.7 Å². The highest BCUT2D eigenvalue weighted by molar-refractivity contribution is 5.80. The number of carbonyl (C=O) groups is 1. The molecule has 0 saturated carbocycles. The molecule has 0 spiro atoms. The van der Waals surface area contributed by atoms with Crippen LogP contribution in [0.15, 0.2) is 48.5 Å². The minimum Gasteiger partial charge on any atom is -0.497 e. The van der Waals surface area contributed by atoms with Crippen molar-refractivity contribution in [3.05, 3.63) is 54.3 Å². The summed E-state index contributed by atoms with van der Waals surface area (Å²) in [6.07, 6.45) is -0.700. The second-order valence-electron chi connectivity index (χ2n) is 5.61. The van der Waals surface area contributed by atoms with Crippen LogP contribution in [0.1, 0.15) is 13.8 Å². The van der Waals surface area contributed by atoms with E-state index in [4.69, 9.17) is 14.2 Å². The number of ether oxygens (including phenoxy) is 3. The second-order valence-corrected chi connectivity index (χ2v) is 5.61. The van der Waals surface area contributed by atoms with Gasteiger partial charge in [0.05, 0.1) is 13.2 Å². The standard InChI is InChI=1S/C19H22FNO4/c1-13(12-24-17-10-8-16(23-3)9-11-17)21-19(22)14(2)25-18-6-4-15(20)5-7-18/h4-11,13-14H,12H2,1-3H3,(H,21,22)/t13-,14+/m1/s1. The SMILES string of the molecule is COc1ccc(OC[C@@H](C)NC(=O)[C@H](C)Oc2ccc(F)cc2)cc1. The molecule has 2 rings (SSSR count). The number of hydrogen-bond acceptors (Lipinski definition) is 4. The zero-order valence-corrected chi connectivity index (χ0v) is 14.5. The molecule has 2 aromatic carbocycles.